The number of hydrogen-bond donors (Lipinski definition) is 1. The SMILES string of the molecule is C[C@H](Sc1ncnc2sc3c(c12)CCC3)C(=O)NCc1ccccc1. The predicted octanol–water partition coefficient (Wildman–Crippen LogP) is 3.98. The standard InChI is InChI=1S/C19H19N3OS2/c1-12(17(23)20-10-13-6-3-2-4-7-13)24-18-16-14-8-5-9-15(14)25-19(16)22-11-21-18/h2-4,6-7,11-12H,5,8-10H2,1H3,(H,20,23)/t12-/m0/s1. The molecule has 1 aliphatic rings. The van der Waals surface area contributed by atoms with Crippen molar-refractivity contribution in [2.45, 2.75) is 43.0 Å². The van der Waals surface area contributed by atoms with Crippen molar-refractivity contribution in [3.63, 3.8) is 0 Å². The van der Waals surface area contributed by atoms with E-state index in [-0.39, 0.29) is 11.2 Å². The molecule has 2 aromatic heterocycles. The Labute approximate surface area is 155 Å². The molecule has 1 aliphatic carbocycles. The predicted molar refractivity (Wildman–Crippen MR) is 103 cm³/mol. The van der Waals surface area contributed by atoms with Crippen molar-refractivity contribution >= 4 is 39.2 Å². The number of nitrogens with one attached hydrogen (secondary N) is 1. The topological polar surface area (TPSA) is 54.9 Å². The molecule has 1 amide bonds. The quantitative estimate of drug-likeness (QED) is 0.546. The number of carbonyl (C=O) groups excluding carboxylic acids is 1. The first-order chi connectivity index (χ1) is 12.2. The van der Waals surface area contributed by atoms with E-state index in [4.69, 9.17) is 0 Å². The third-order valence-electron chi connectivity index (χ3n) is 4.43. The molecule has 0 saturated carbocycles. The Hall–Kier alpha value is -1.92. The summed E-state index contributed by atoms with van der Waals surface area (Å²) < 4.78 is 0. The van der Waals surface area contributed by atoms with Crippen molar-refractivity contribution in [2.75, 3.05) is 0 Å². The van der Waals surface area contributed by atoms with Gasteiger partial charge in [-0.25, -0.2) is 9.97 Å². The van der Waals surface area contributed by atoms with Crippen LogP contribution >= 0.6 is 23.1 Å². The van der Waals surface area contributed by atoms with E-state index in [1.165, 1.54) is 34.0 Å². The van der Waals surface area contributed by atoms with E-state index in [1.807, 2.05) is 37.3 Å². The molecular formula is C19H19N3OS2. The van der Waals surface area contributed by atoms with Gasteiger partial charge in [-0.1, -0.05) is 42.1 Å². The van der Waals surface area contributed by atoms with Crippen LogP contribution in [0.2, 0.25) is 0 Å². The Balaban J connectivity index is 1.48. The number of benzene rings is 1. The van der Waals surface area contributed by atoms with Gasteiger partial charge in [0.1, 0.15) is 16.2 Å². The zero-order valence-corrected chi connectivity index (χ0v) is 15.6. The zero-order valence-electron chi connectivity index (χ0n) is 14.0. The van der Waals surface area contributed by atoms with Crippen LogP contribution < -0.4 is 5.32 Å². The average Bonchev–Trinajstić information content (AvgIpc) is 3.21. The number of fused-ring (bicyclic) bond motifs is 3. The normalized spacial score (nSPS) is 14.4. The fourth-order valence-electron chi connectivity index (χ4n) is 3.14. The van der Waals surface area contributed by atoms with Crippen LogP contribution in [0.5, 0.6) is 0 Å². The molecule has 1 aromatic carbocycles. The molecule has 0 unspecified atom stereocenters. The summed E-state index contributed by atoms with van der Waals surface area (Å²) >= 11 is 3.31. The Morgan fingerprint density at radius 1 is 1.28 bits per heavy atom. The summed E-state index contributed by atoms with van der Waals surface area (Å²) in [5.74, 6) is 0.0347. The Bertz CT molecular complexity index is 908. The van der Waals surface area contributed by atoms with E-state index in [9.17, 15) is 4.79 Å². The van der Waals surface area contributed by atoms with Gasteiger partial charge in [0, 0.05) is 16.8 Å². The van der Waals surface area contributed by atoms with E-state index in [2.05, 4.69) is 15.3 Å². The molecular weight excluding hydrogens is 350 g/mol. The van der Waals surface area contributed by atoms with Crippen LogP contribution in [0.3, 0.4) is 0 Å². The lowest BCUT2D eigenvalue weighted by molar-refractivity contribution is -0.120. The number of aryl methyl sites for hydroxylation is 2. The van der Waals surface area contributed by atoms with Gasteiger partial charge in [-0.2, -0.15) is 0 Å². The van der Waals surface area contributed by atoms with Gasteiger partial charge in [0.2, 0.25) is 5.91 Å². The van der Waals surface area contributed by atoms with Crippen LogP contribution in [0, 0.1) is 0 Å². The smallest absolute Gasteiger partial charge is 0.233 e. The van der Waals surface area contributed by atoms with Crippen LogP contribution in [-0.4, -0.2) is 21.1 Å². The van der Waals surface area contributed by atoms with Crippen LogP contribution in [0.15, 0.2) is 41.7 Å². The average molecular weight is 370 g/mol. The minimum atomic E-state index is -0.196. The number of hydrogen-bond acceptors (Lipinski definition) is 5. The Morgan fingerprint density at radius 2 is 2.12 bits per heavy atom. The third-order valence-corrected chi connectivity index (χ3v) is 6.73. The zero-order chi connectivity index (χ0) is 17.2. The summed E-state index contributed by atoms with van der Waals surface area (Å²) in [6.45, 7) is 2.49. The lowest BCUT2D eigenvalue weighted by Gasteiger charge is -2.12. The molecule has 0 fully saturated rings. The van der Waals surface area contributed by atoms with Crippen molar-refractivity contribution in [3.05, 3.63) is 52.7 Å². The van der Waals surface area contributed by atoms with Crippen LogP contribution in [0.4, 0.5) is 0 Å². The highest BCUT2D eigenvalue weighted by molar-refractivity contribution is 8.00. The summed E-state index contributed by atoms with van der Waals surface area (Å²) in [5.41, 5.74) is 2.51. The number of aromatic nitrogens is 2. The Kier molecular flexibility index (Phi) is 4.72. The van der Waals surface area contributed by atoms with Crippen LogP contribution in [0.25, 0.3) is 10.2 Å². The largest absolute Gasteiger partial charge is 0.351 e. The third kappa shape index (κ3) is 3.41. The van der Waals surface area contributed by atoms with E-state index in [1.54, 1.807) is 17.7 Å². The highest BCUT2D eigenvalue weighted by Crippen LogP contribution is 2.40. The van der Waals surface area contributed by atoms with Gasteiger partial charge in [0.15, 0.2) is 0 Å². The van der Waals surface area contributed by atoms with E-state index in [0.29, 0.717) is 6.54 Å². The molecule has 0 spiro atoms. The lowest BCUT2D eigenvalue weighted by atomic mass is 10.2. The van der Waals surface area contributed by atoms with Crippen LogP contribution in [-0.2, 0) is 24.2 Å². The minimum absolute atomic E-state index is 0.0347. The van der Waals surface area contributed by atoms with Gasteiger partial charge in [-0.3, -0.25) is 4.79 Å². The molecule has 1 atom stereocenters. The number of thiophene rings is 1. The van der Waals surface area contributed by atoms with E-state index < -0.39 is 0 Å². The summed E-state index contributed by atoms with van der Waals surface area (Å²) in [7, 11) is 0. The number of nitrogens with zero attached hydrogens (tertiary/aromatic N) is 2. The maximum absolute atomic E-state index is 12.5. The second-order valence-electron chi connectivity index (χ2n) is 6.18. The lowest BCUT2D eigenvalue weighted by Crippen LogP contribution is -2.30. The molecule has 1 N–H and O–H groups in total. The van der Waals surface area contributed by atoms with Gasteiger partial charge in [0.05, 0.1) is 5.25 Å². The minimum Gasteiger partial charge on any atom is -0.351 e. The van der Waals surface area contributed by atoms with Gasteiger partial charge in [-0.05, 0) is 37.3 Å². The molecule has 25 heavy (non-hydrogen) atoms. The molecule has 6 heteroatoms. The number of amides is 1. The molecule has 2 heterocycles. The summed E-state index contributed by atoms with van der Waals surface area (Å²) in [5, 5.41) is 4.93. The summed E-state index contributed by atoms with van der Waals surface area (Å²) in [6.07, 6.45) is 5.08. The molecule has 0 bridgehead atoms. The van der Waals surface area contributed by atoms with Gasteiger partial charge < -0.3 is 5.32 Å². The summed E-state index contributed by atoms with van der Waals surface area (Å²) in [6, 6.07) is 9.97. The van der Waals surface area contributed by atoms with Crippen molar-refractivity contribution in [3.8, 4) is 0 Å². The van der Waals surface area contributed by atoms with Crippen LogP contribution in [0.1, 0.15) is 29.3 Å². The second kappa shape index (κ2) is 7.14. The molecule has 128 valence electrons. The molecule has 3 aromatic rings. The first kappa shape index (κ1) is 16.5. The number of thioether (sulfide) groups is 1. The van der Waals surface area contributed by atoms with Gasteiger partial charge in [0.25, 0.3) is 0 Å². The molecule has 0 radical (unpaired) electrons. The second-order valence-corrected chi connectivity index (χ2v) is 8.59. The van der Waals surface area contributed by atoms with Crippen molar-refractivity contribution in [2.24, 2.45) is 0 Å². The first-order valence-electron chi connectivity index (χ1n) is 8.46. The Morgan fingerprint density at radius 3 is 2.96 bits per heavy atom. The molecule has 0 aliphatic heterocycles. The maximum atomic E-state index is 12.5. The number of carbonyl (C=O) groups is 1. The van der Waals surface area contributed by atoms with Gasteiger partial charge >= 0.3 is 0 Å². The van der Waals surface area contributed by atoms with E-state index in [0.717, 1.165) is 28.3 Å². The highest BCUT2D eigenvalue weighted by Gasteiger charge is 2.23. The van der Waals surface area contributed by atoms with Gasteiger partial charge in [-0.15, -0.1) is 11.3 Å². The fourth-order valence-corrected chi connectivity index (χ4v) is 5.40. The highest BCUT2D eigenvalue weighted by atomic mass is 32.2. The van der Waals surface area contributed by atoms with Crippen molar-refractivity contribution < 1.29 is 4.79 Å². The van der Waals surface area contributed by atoms with Crippen molar-refractivity contribution in [1.82, 2.24) is 15.3 Å². The molecule has 0 saturated heterocycles. The maximum Gasteiger partial charge on any atom is 0.233 e. The number of rotatable bonds is 5. The van der Waals surface area contributed by atoms with E-state index >= 15 is 0 Å². The fraction of sp³-hybridized carbons (Fsp3) is 0.316. The first-order valence-corrected chi connectivity index (χ1v) is 10.2. The molecule has 4 rings (SSSR count). The molecule has 4 nitrogen and oxygen atoms in total. The monoisotopic (exact) mass is 369 g/mol. The van der Waals surface area contributed by atoms with Crippen molar-refractivity contribution in [1.29, 1.82) is 0 Å². The summed E-state index contributed by atoms with van der Waals surface area (Å²) in [4.78, 5) is 23.9.